The van der Waals surface area contributed by atoms with Gasteiger partial charge in [0.05, 0.1) is 6.26 Å². The number of carbonyl (C=O) groups is 1. The fourth-order valence-corrected chi connectivity index (χ4v) is 1.69. The molecule has 0 aliphatic carbocycles. The first-order valence-electron chi connectivity index (χ1n) is 5.29. The summed E-state index contributed by atoms with van der Waals surface area (Å²) < 4.78 is 7.14. The summed E-state index contributed by atoms with van der Waals surface area (Å²) in [6.07, 6.45) is 2.62. The molecule has 0 N–H and O–H groups in total. The normalized spacial score (nSPS) is 10.6. The molecule has 0 aromatic carbocycles. The Hall–Kier alpha value is -2.37. The fourth-order valence-electron chi connectivity index (χ4n) is 1.69. The second kappa shape index (κ2) is 4.14. The van der Waals surface area contributed by atoms with E-state index in [1.54, 1.807) is 13.0 Å². The molecule has 2 rings (SSSR count). The number of hydrogen-bond donors (Lipinski definition) is 0. The van der Waals surface area contributed by atoms with Gasteiger partial charge < -0.3 is 8.98 Å². The summed E-state index contributed by atoms with van der Waals surface area (Å²) in [5.41, 5.74) is -0.542. The largest absolute Gasteiger partial charge is 0.461 e. The zero-order valence-corrected chi connectivity index (χ0v) is 10.3. The zero-order valence-electron chi connectivity index (χ0n) is 10.3. The Balaban J connectivity index is 2.67. The van der Waals surface area contributed by atoms with Gasteiger partial charge in [-0.3, -0.25) is 14.2 Å². The van der Waals surface area contributed by atoms with Crippen LogP contribution >= 0.6 is 0 Å². The molecule has 0 fully saturated rings. The van der Waals surface area contributed by atoms with Gasteiger partial charge >= 0.3 is 5.69 Å². The molecular weight excluding hydrogens is 236 g/mol. The van der Waals surface area contributed by atoms with Gasteiger partial charge in [-0.2, -0.15) is 0 Å². The van der Waals surface area contributed by atoms with Crippen molar-refractivity contribution in [2.45, 2.75) is 6.92 Å². The number of aromatic nitrogens is 2. The summed E-state index contributed by atoms with van der Waals surface area (Å²) in [6, 6.07) is 1.64. The average Bonchev–Trinajstić information content (AvgIpc) is 2.76. The summed E-state index contributed by atoms with van der Waals surface area (Å²) in [5.74, 6) is -0.403. The minimum absolute atomic E-state index is 0.0855. The molecule has 2 heterocycles. The van der Waals surface area contributed by atoms with Crippen molar-refractivity contribution in [1.82, 2.24) is 9.13 Å². The van der Waals surface area contributed by atoms with Crippen LogP contribution in [0.2, 0.25) is 0 Å². The monoisotopic (exact) mass is 248 g/mol. The van der Waals surface area contributed by atoms with E-state index in [9.17, 15) is 14.4 Å². The lowest BCUT2D eigenvalue weighted by molar-refractivity contribution is 0.100. The Labute approximate surface area is 102 Å². The number of aryl methyl sites for hydroxylation is 2. The third-order valence-electron chi connectivity index (χ3n) is 2.76. The molecule has 0 bridgehead atoms. The summed E-state index contributed by atoms with van der Waals surface area (Å²) >= 11 is 0. The standard InChI is InChI=1S/C12H12N2O4/c1-7-4-5-18-10(7)9(15)8-6-13(2)12(17)14(3)11(8)16/h4-6H,1-3H3. The van der Waals surface area contributed by atoms with Crippen LogP contribution < -0.4 is 11.2 Å². The maximum atomic E-state index is 12.1. The highest BCUT2D eigenvalue weighted by atomic mass is 16.3. The molecule has 0 atom stereocenters. The van der Waals surface area contributed by atoms with Crippen molar-refractivity contribution in [2.75, 3.05) is 0 Å². The topological polar surface area (TPSA) is 74.2 Å². The molecule has 0 spiro atoms. The Kier molecular flexibility index (Phi) is 2.78. The number of rotatable bonds is 2. The lowest BCUT2D eigenvalue weighted by Gasteiger charge is -2.05. The lowest BCUT2D eigenvalue weighted by atomic mass is 10.1. The molecule has 18 heavy (non-hydrogen) atoms. The Morgan fingerprint density at radius 1 is 1.28 bits per heavy atom. The van der Waals surface area contributed by atoms with Crippen LogP contribution in [0.3, 0.4) is 0 Å². The predicted octanol–water partition coefficient (Wildman–Crippen LogP) is 0.216. The van der Waals surface area contributed by atoms with Gasteiger partial charge in [0.15, 0.2) is 5.76 Å². The molecule has 0 unspecified atom stereocenters. The van der Waals surface area contributed by atoms with Crippen molar-refractivity contribution < 1.29 is 9.21 Å². The highest BCUT2D eigenvalue weighted by Crippen LogP contribution is 2.12. The van der Waals surface area contributed by atoms with Gasteiger partial charge in [0, 0.05) is 20.3 Å². The maximum Gasteiger partial charge on any atom is 0.330 e. The van der Waals surface area contributed by atoms with Crippen molar-refractivity contribution >= 4 is 5.78 Å². The Morgan fingerprint density at radius 3 is 2.50 bits per heavy atom. The zero-order chi connectivity index (χ0) is 13.4. The molecule has 0 radical (unpaired) electrons. The van der Waals surface area contributed by atoms with Gasteiger partial charge in [-0.05, 0) is 18.6 Å². The van der Waals surface area contributed by atoms with Crippen molar-refractivity contribution in [3.05, 3.63) is 56.3 Å². The van der Waals surface area contributed by atoms with E-state index in [-0.39, 0.29) is 11.3 Å². The van der Waals surface area contributed by atoms with Gasteiger partial charge in [0.2, 0.25) is 5.78 Å². The van der Waals surface area contributed by atoms with E-state index in [1.165, 1.54) is 31.1 Å². The molecule has 0 aliphatic heterocycles. The second-order valence-corrected chi connectivity index (χ2v) is 4.06. The molecule has 0 aliphatic rings. The second-order valence-electron chi connectivity index (χ2n) is 4.06. The van der Waals surface area contributed by atoms with Crippen LogP contribution in [-0.4, -0.2) is 14.9 Å². The van der Waals surface area contributed by atoms with Gasteiger partial charge in [0.25, 0.3) is 5.56 Å². The van der Waals surface area contributed by atoms with E-state index in [4.69, 9.17) is 4.42 Å². The van der Waals surface area contributed by atoms with Crippen molar-refractivity contribution in [1.29, 1.82) is 0 Å². The SMILES string of the molecule is Cc1ccoc1C(=O)c1cn(C)c(=O)n(C)c1=O. The lowest BCUT2D eigenvalue weighted by Crippen LogP contribution is -2.39. The average molecular weight is 248 g/mol. The molecule has 0 amide bonds. The molecular formula is C12H12N2O4. The van der Waals surface area contributed by atoms with E-state index in [0.29, 0.717) is 5.56 Å². The summed E-state index contributed by atoms with van der Waals surface area (Å²) in [7, 11) is 2.81. The highest BCUT2D eigenvalue weighted by molar-refractivity contribution is 6.07. The third kappa shape index (κ3) is 1.71. The number of carbonyl (C=O) groups excluding carboxylic acids is 1. The fraction of sp³-hybridized carbons (Fsp3) is 0.250. The Bertz CT molecular complexity index is 733. The van der Waals surface area contributed by atoms with Crippen LogP contribution in [0.15, 0.2) is 32.5 Å². The van der Waals surface area contributed by atoms with Crippen molar-refractivity contribution in [2.24, 2.45) is 14.1 Å². The highest BCUT2D eigenvalue weighted by Gasteiger charge is 2.20. The first-order chi connectivity index (χ1) is 8.43. The van der Waals surface area contributed by atoms with Crippen LogP contribution in [0.4, 0.5) is 0 Å². The van der Waals surface area contributed by atoms with Crippen LogP contribution in [0.25, 0.3) is 0 Å². The van der Waals surface area contributed by atoms with Gasteiger partial charge in [-0.15, -0.1) is 0 Å². The van der Waals surface area contributed by atoms with Crippen LogP contribution in [0.5, 0.6) is 0 Å². The first kappa shape index (κ1) is 12.1. The van der Waals surface area contributed by atoms with Crippen molar-refractivity contribution in [3.63, 3.8) is 0 Å². The van der Waals surface area contributed by atoms with E-state index in [0.717, 1.165) is 4.57 Å². The third-order valence-corrected chi connectivity index (χ3v) is 2.76. The smallest absolute Gasteiger partial charge is 0.330 e. The number of ketones is 1. The Morgan fingerprint density at radius 2 is 1.94 bits per heavy atom. The van der Waals surface area contributed by atoms with Crippen LogP contribution in [0, 0.1) is 6.92 Å². The summed E-state index contributed by atoms with van der Waals surface area (Å²) in [4.78, 5) is 35.5. The number of hydrogen-bond acceptors (Lipinski definition) is 4. The van der Waals surface area contributed by atoms with Gasteiger partial charge in [-0.25, -0.2) is 4.79 Å². The van der Waals surface area contributed by atoms with Crippen molar-refractivity contribution in [3.8, 4) is 0 Å². The van der Waals surface area contributed by atoms with Gasteiger partial charge in [0.1, 0.15) is 5.56 Å². The van der Waals surface area contributed by atoms with E-state index >= 15 is 0 Å². The molecule has 94 valence electrons. The van der Waals surface area contributed by atoms with Crippen LogP contribution in [-0.2, 0) is 14.1 Å². The molecule has 2 aromatic rings. The van der Waals surface area contributed by atoms with E-state index < -0.39 is 17.0 Å². The predicted molar refractivity (Wildman–Crippen MR) is 63.8 cm³/mol. The first-order valence-corrected chi connectivity index (χ1v) is 5.29. The molecule has 0 saturated heterocycles. The summed E-state index contributed by atoms with van der Waals surface area (Å²) in [6.45, 7) is 1.71. The number of nitrogens with zero attached hydrogens (tertiary/aromatic N) is 2. The molecule has 2 aromatic heterocycles. The summed E-state index contributed by atoms with van der Waals surface area (Å²) in [5, 5.41) is 0. The minimum atomic E-state index is -0.626. The molecule has 0 saturated carbocycles. The minimum Gasteiger partial charge on any atom is -0.461 e. The van der Waals surface area contributed by atoms with E-state index in [1.807, 2.05) is 0 Å². The van der Waals surface area contributed by atoms with Crippen LogP contribution in [0.1, 0.15) is 21.7 Å². The molecule has 6 nitrogen and oxygen atoms in total. The molecule has 6 heteroatoms. The number of furan rings is 1. The van der Waals surface area contributed by atoms with Gasteiger partial charge in [-0.1, -0.05) is 0 Å². The van der Waals surface area contributed by atoms with E-state index in [2.05, 4.69) is 0 Å². The quantitative estimate of drug-likeness (QED) is 0.712. The maximum absolute atomic E-state index is 12.1.